The Labute approximate surface area is 76.3 Å². The van der Waals surface area contributed by atoms with Crippen molar-refractivity contribution in [2.24, 2.45) is 5.73 Å². The molecule has 13 heavy (non-hydrogen) atoms. The minimum atomic E-state index is -3.57. The molecule has 0 aliphatic carbocycles. The van der Waals surface area contributed by atoms with Gasteiger partial charge in [0.25, 0.3) is 0 Å². The Kier molecular flexibility index (Phi) is 4.69. The summed E-state index contributed by atoms with van der Waals surface area (Å²) < 4.78 is 24.9. The van der Waals surface area contributed by atoms with Crippen molar-refractivity contribution >= 4 is 13.7 Å². The summed E-state index contributed by atoms with van der Waals surface area (Å²) in [6.07, 6.45) is 0.977. The number of allylic oxidation sites excluding steroid dienone is 1. The zero-order valence-corrected chi connectivity index (χ0v) is 8.54. The highest BCUT2D eigenvalue weighted by Crippen LogP contribution is 2.49. The first-order valence-electron chi connectivity index (χ1n) is 3.32. The predicted octanol–water partition coefficient (Wildman–Crippen LogP) is 0.793. The SMILES string of the molecule is COP(=O)(OC)OC(C)=CC(N)=O. The standard InChI is InChI=1S/C6H12NO5P/c1-5(4-6(7)8)12-13(9,10-2)11-3/h4H,1-3H3,(H2,7,8). The van der Waals surface area contributed by atoms with Gasteiger partial charge in [-0.1, -0.05) is 0 Å². The van der Waals surface area contributed by atoms with Crippen molar-refractivity contribution in [3.05, 3.63) is 11.8 Å². The maximum absolute atomic E-state index is 11.3. The van der Waals surface area contributed by atoms with Gasteiger partial charge in [-0.05, 0) is 6.92 Å². The van der Waals surface area contributed by atoms with Gasteiger partial charge < -0.3 is 10.3 Å². The minimum absolute atomic E-state index is 0.0690. The highest BCUT2D eigenvalue weighted by Gasteiger charge is 2.24. The summed E-state index contributed by atoms with van der Waals surface area (Å²) >= 11 is 0. The van der Waals surface area contributed by atoms with E-state index >= 15 is 0 Å². The number of phosphoric ester groups is 1. The molecule has 0 spiro atoms. The minimum Gasteiger partial charge on any atom is -0.409 e. The average molecular weight is 209 g/mol. The second-order valence-electron chi connectivity index (χ2n) is 2.06. The van der Waals surface area contributed by atoms with Gasteiger partial charge in [-0.3, -0.25) is 13.8 Å². The molecule has 0 aromatic heterocycles. The first-order chi connectivity index (χ1) is 5.93. The van der Waals surface area contributed by atoms with E-state index in [4.69, 9.17) is 10.3 Å². The van der Waals surface area contributed by atoms with E-state index in [0.29, 0.717) is 0 Å². The zero-order valence-electron chi connectivity index (χ0n) is 7.64. The lowest BCUT2D eigenvalue weighted by Crippen LogP contribution is -2.07. The lowest BCUT2D eigenvalue weighted by atomic mass is 10.5. The summed E-state index contributed by atoms with van der Waals surface area (Å²) in [5, 5.41) is 0. The summed E-state index contributed by atoms with van der Waals surface area (Å²) in [5.41, 5.74) is 4.83. The van der Waals surface area contributed by atoms with Crippen molar-refractivity contribution in [3.8, 4) is 0 Å². The number of hydrogen-bond acceptors (Lipinski definition) is 5. The van der Waals surface area contributed by atoms with Gasteiger partial charge in [0.2, 0.25) is 5.91 Å². The van der Waals surface area contributed by atoms with Crippen molar-refractivity contribution in [2.45, 2.75) is 6.92 Å². The number of carbonyl (C=O) groups excluding carboxylic acids is 1. The van der Waals surface area contributed by atoms with Gasteiger partial charge in [0.1, 0.15) is 5.76 Å². The van der Waals surface area contributed by atoms with Gasteiger partial charge in [-0.2, -0.15) is 0 Å². The van der Waals surface area contributed by atoms with E-state index in [1.165, 1.54) is 21.1 Å². The largest absolute Gasteiger partial charge is 0.529 e. The number of nitrogens with two attached hydrogens (primary N) is 1. The fraction of sp³-hybridized carbons (Fsp3) is 0.500. The van der Waals surface area contributed by atoms with Crippen LogP contribution in [0.1, 0.15) is 6.92 Å². The van der Waals surface area contributed by atoms with Gasteiger partial charge in [0.15, 0.2) is 0 Å². The highest BCUT2D eigenvalue weighted by molar-refractivity contribution is 7.48. The van der Waals surface area contributed by atoms with E-state index in [-0.39, 0.29) is 5.76 Å². The van der Waals surface area contributed by atoms with Crippen LogP contribution < -0.4 is 5.73 Å². The van der Waals surface area contributed by atoms with Gasteiger partial charge in [-0.15, -0.1) is 0 Å². The molecular formula is C6H12NO5P. The molecule has 0 saturated carbocycles. The summed E-state index contributed by atoms with van der Waals surface area (Å²) in [6.45, 7) is 1.41. The third-order valence-electron chi connectivity index (χ3n) is 1.05. The molecule has 0 unspecified atom stereocenters. The lowest BCUT2D eigenvalue weighted by Gasteiger charge is -2.13. The fourth-order valence-electron chi connectivity index (χ4n) is 0.552. The Morgan fingerprint density at radius 1 is 1.38 bits per heavy atom. The van der Waals surface area contributed by atoms with Crippen LogP contribution in [-0.4, -0.2) is 20.1 Å². The third-order valence-corrected chi connectivity index (χ3v) is 2.45. The molecule has 0 aromatic carbocycles. The quantitative estimate of drug-likeness (QED) is 0.411. The second kappa shape index (κ2) is 5.01. The number of phosphoric acid groups is 1. The van der Waals surface area contributed by atoms with E-state index in [9.17, 15) is 9.36 Å². The molecule has 0 rings (SSSR count). The molecule has 1 amide bonds. The van der Waals surface area contributed by atoms with E-state index in [1.54, 1.807) is 0 Å². The molecule has 0 saturated heterocycles. The van der Waals surface area contributed by atoms with Crippen molar-refractivity contribution < 1.29 is 22.9 Å². The number of hydrogen-bond donors (Lipinski definition) is 1. The normalized spacial score (nSPS) is 12.7. The lowest BCUT2D eigenvalue weighted by molar-refractivity contribution is -0.113. The molecular weight excluding hydrogens is 197 g/mol. The van der Waals surface area contributed by atoms with E-state index < -0.39 is 13.7 Å². The van der Waals surface area contributed by atoms with Crippen LogP contribution >= 0.6 is 7.82 Å². The fourth-order valence-corrected chi connectivity index (χ4v) is 1.26. The van der Waals surface area contributed by atoms with Crippen molar-refractivity contribution in [3.63, 3.8) is 0 Å². The zero-order chi connectivity index (χ0) is 10.5. The smallest absolute Gasteiger partial charge is 0.409 e. The topological polar surface area (TPSA) is 87.8 Å². The van der Waals surface area contributed by atoms with Crippen molar-refractivity contribution in [2.75, 3.05) is 14.2 Å². The monoisotopic (exact) mass is 209 g/mol. The van der Waals surface area contributed by atoms with Crippen LogP contribution in [0.2, 0.25) is 0 Å². The van der Waals surface area contributed by atoms with Gasteiger partial charge in [-0.25, -0.2) is 4.57 Å². The second-order valence-corrected chi connectivity index (χ2v) is 3.87. The Bertz CT molecular complexity index is 254. The Morgan fingerprint density at radius 3 is 2.15 bits per heavy atom. The molecule has 0 fully saturated rings. The first-order valence-corrected chi connectivity index (χ1v) is 4.78. The Hall–Kier alpha value is -0.840. The van der Waals surface area contributed by atoms with Crippen LogP contribution in [0.4, 0.5) is 0 Å². The summed E-state index contributed by atoms with van der Waals surface area (Å²) in [6, 6.07) is 0. The highest BCUT2D eigenvalue weighted by atomic mass is 31.2. The molecule has 7 heteroatoms. The maximum Gasteiger partial charge on any atom is 0.529 e. The van der Waals surface area contributed by atoms with Crippen molar-refractivity contribution in [1.82, 2.24) is 0 Å². The molecule has 0 aliphatic rings. The van der Waals surface area contributed by atoms with Gasteiger partial charge >= 0.3 is 7.82 Å². The maximum atomic E-state index is 11.3. The molecule has 6 nitrogen and oxygen atoms in total. The number of carbonyl (C=O) groups is 1. The number of amides is 1. The number of primary amides is 1. The Balaban J connectivity index is 4.42. The Morgan fingerprint density at radius 2 is 1.85 bits per heavy atom. The molecule has 76 valence electrons. The van der Waals surface area contributed by atoms with Crippen molar-refractivity contribution in [1.29, 1.82) is 0 Å². The molecule has 0 atom stereocenters. The van der Waals surface area contributed by atoms with Gasteiger partial charge in [0, 0.05) is 20.3 Å². The predicted molar refractivity (Wildman–Crippen MR) is 45.7 cm³/mol. The average Bonchev–Trinajstić information content (AvgIpc) is 2.02. The summed E-state index contributed by atoms with van der Waals surface area (Å²) in [7, 11) is -1.23. The molecule has 0 aliphatic heterocycles. The molecule has 0 radical (unpaired) electrons. The van der Waals surface area contributed by atoms with Gasteiger partial charge in [0.05, 0.1) is 0 Å². The summed E-state index contributed by atoms with van der Waals surface area (Å²) in [5.74, 6) is -0.629. The van der Waals surface area contributed by atoms with Crippen LogP contribution in [0.25, 0.3) is 0 Å². The third kappa shape index (κ3) is 4.67. The van der Waals surface area contributed by atoms with Crippen LogP contribution in [0.15, 0.2) is 11.8 Å². The molecule has 0 heterocycles. The van der Waals surface area contributed by atoms with Crippen LogP contribution in [-0.2, 0) is 22.9 Å². The van der Waals surface area contributed by atoms with E-state index in [2.05, 4.69) is 9.05 Å². The molecule has 0 bridgehead atoms. The van der Waals surface area contributed by atoms with E-state index in [0.717, 1.165) is 6.08 Å². The number of rotatable bonds is 5. The van der Waals surface area contributed by atoms with Crippen LogP contribution in [0.5, 0.6) is 0 Å². The summed E-state index contributed by atoms with van der Waals surface area (Å²) in [4.78, 5) is 10.4. The molecule has 2 N–H and O–H groups in total. The van der Waals surface area contributed by atoms with E-state index in [1.807, 2.05) is 0 Å². The molecule has 0 aromatic rings. The van der Waals surface area contributed by atoms with Crippen LogP contribution in [0, 0.1) is 0 Å². The first kappa shape index (κ1) is 12.2. The van der Waals surface area contributed by atoms with Crippen LogP contribution in [0.3, 0.4) is 0 Å².